The van der Waals surface area contributed by atoms with Crippen LogP contribution in [0.4, 0.5) is 0 Å². The zero-order valence-corrected chi connectivity index (χ0v) is 8.61. The van der Waals surface area contributed by atoms with Crippen LogP contribution in [0.2, 0.25) is 0 Å². The normalized spacial score (nSPS) is 16.9. The maximum Gasteiger partial charge on any atom is 0.165 e. The van der Waals surface area contributed by atoms with Gasteiger partial charge in [-0.25, -0.2) is 4.68 Å². The van der Waals surface area contributed by atoms with Crippen LogP contribution in [-0.2, 0) is 13.1 Å². The van der Waals surface area contributed by atoms with E-state index in [9.17, 15) is 0 Å². The molecule has 0 radical (unpaired) electrons. The van der Waals surface area contributed by atoms with Gasteiger partial charge in [0.05, 0.1) is 6.54 Å². The van der Waals surface area contributed by atoms with Gasteiger partial charge in [-0.3, -0.25) is 0 Å². The van der Waals surface area contributed by atoms with Gasteiger partial charge >= 0.3 is 0 Å². The highest BCUT2D eigenvalue weighted by atomic mass is 15.5. The molecule has 0 saturated heterocycles. The minimum Gasteiger partial charge on any atom is -0.313 e. The zero-order valence-electron chi connectivity index (χ0n) is 8.61. The third kappa shape index (κ3) is 2.09. The van der Waals surface area contributed by atoms with Crippen LogP contribution in [0, 0.1) is 5.92 Å². The summed E-state index contributed by atoms with van der Waals surface area (Å²) >= 11 is 0. The molecule has 1 N–H and O–H groups in total. The number of aromatic nitrogens is 4. The number of rotatable bonds is 5. The Bertz CT molecular complexity index is 278. The second-order valence-electron chi connectivity index (χ2n) is 3.93. The number of nitrogens with one attached hydrogen (secondary N) is 1. The van der Waals surface area contributed by atoms with E-state index in [1.165, 1.54) is 25.7 Å². The number of tetrazole rings is 1. The van der Waals surface area contributed by atoms with Gasteiger partial charge in [-0.15, -0.1) is 5.10 Å². The van der Waals surface area contributed by atoms with E-state index < -0.39 is 0 Å². The van der Waals surface area contributed by atoms with Crippen molar-refractivity contribution in [2.45, 2.75) is 38.8 Å². The summed E-state index contributed by atoms with van der Waals surface area (Å²) in [4.78, 5) is 0. The van der Waals surface area contributed by atoms with Crippen molar-refractivity contribution in [3.8, 4) is 0 Å². The van der Waals surface area contributed by atoms with Crippen LogP contribution in [0.3, 0.4) is 0 Å². The van der Waals surface area contributed by atoms with Gasteiger partial charge in [0.15, 0.2) is 5.82 Å². The average molecular weight is 195 g/mol. The number of nitrogens with zero attached hydrogens (tertiary/aromatic N) is 4. The largest absolute Gasteiger partial charge is 0.313 e. The molecule has 1 aromatic rings. The van der Waals surface area contributed by atoms with Gasteiger partial charge in [-0.05, 0) is 29.8 Å². The van der Waals surface area contributed by atoms with E-state index in [1.807, 2.05) is 11.7 Å². The van der Waals surface area contributed by atoms with E-state index in [0.717, 1.165) is 24.8 Å². The van der Waals surface area contributed by atoms with Crippen LogP contribution >= 0.6 is 0 Å². The highest BCUT2D eigenvalue weighted by Crippen LogP contribution is 2.29. The summed E-state index contributed by atoms with van der Waals surface area (Å²) in [5, 5.41) is 14.7. The Morgan fingerprint density at radius 2 is 2.36 bits per heavy atom. The lowest BCUT2D eigenvalue weighted by Crippen LogP contribution is -2.17. The number of aryl methyl sites for hydroxylation is 1. The third-order valence-corrected chi connectivity index (χ3v) is 2.91. The molecule has 1 aliphatic carbocycles. The first-order valence-corrected chi connectivity index (χ1v) is 5.30. The Kier molecular flexibility index (Phi) is 3.08. The molecule has 0 bridgehead atoms. The highest BCUT2D eigenvalue weighted by molar-refractivity contribution is 4.80. The maximum absolute atomic E-state index is 3.98. The summed E-state index contributed by atoms with van der Waals surface area (Å²) in [5.74, 6) is 1.86. The van der Waals surface area contributed by atoms with Gasteiger partial charge in [0, 0.05) is 6.54 Å². The Labute approximate surface area is 83.9 Å². The highest BCUT2D eigenvalue weighted by Gasteiger charge is 2.17. The number of hydrogen-bond acceptors (Lipinski definition) is 4. The topological polar surface area (TPSA) is 55.6 Å². The first-order chi connectivity index (χ1) is 6.90. The van der Waals surface area contributed by atoms with Crippen molar-refractivity contribution in [3.05, 3.63) is 5.82 Å². The molecule has 1 fully saturated rings. The Hall–Kier alpha value is -0.970. The minimum atomic E-state index is 0.748. The van der Waals surface area contributed by atoms with Crippen LogP contribution in [0.15, 0.2) is 0 Å². The average Bonchev–Trinajstić information content (AvgIpc) is 2.51. The van der Waals surface area contributed by atoms with E-state index in [0.29, 0.717) is 0 Å². The second-order valence-corrected chi connectivity index (χ2v) is 3.93. The molecule has 1 saturated carbocycles. The standard InChI is InChI=1S/C9H17N5/c1-10-7-9-11-12-13-14(9)6-5-8-3-2-4-8/h8,10H,2-7H2,1H3. The molecule has 2 rings (SSSR count). The molecular weight excluding hydrogens is 178 g/mol. The summed E-state index contributed by atoms with van der Waals surface area (Å²) in [7, 11) is 1.91. The van der Waals surface area contributed by atoms with Crippen molar-refractivity contribution in [2.24, 2.45) is 5.92 Å². The molecule has 1 aliphatic rings. The van der Waals surface area contributed by atoms with Gasteiger partial charge in [-0.2, -0.15) is 0 Å². The summed E-state index contributed by atoms with van der Waals surface area (Å²) in [6.45, 7) is 1.71. The van der Waals surface area contributed by atoms with Crippen molar-refractivity contribution in [2.75, 3.05) is 7.05 Å². The van der Waals surface area contributed by atoms with Crippen LogP contribution in [0.5, 0.6) is 0 Å². The minimum absolute atomic E-state index is 0.748. The van der Waals surface area contributed by atoms with Gasteiger partial charge in [0.2, 0.25) is 0 Å². The fourth-order valence-corrected chi connectivity index (χ4v) is 1.77. The second kappa shape index (κ2) is 4.50. The van der Waals surface area contributed by atoms with Crippen molar-refractivity contribution in [1.29, 1.82) is 0 Å². The number of hydrogen-bond donors (Lipinski definition) is 1. The predicted molar refractivity (Wildman–Crippen MR) is 52.5 cm³/mol. The molecule has 1 aromatic heterocycles. The molecule has 5 heteroatoms. The van der Waals surface area contributed by atoms with E-state index in [1.54, 1.807) is 0 Å². The molecule has 0 aromatic carbocycles. The van der Waals surface area contributed by atoms with E-state index in [4.69, 9.17) is 0 Å². The molecule has 0 atom stereocenters. The molecule has 1 heterocycles. The smallest absolute Gasteiger partial charge is 0.165 e. The van der Waals surface area contributed by atoms with E-state index >= 15 is 0 Å². The summed E-state index contributed by atoms with van der Waals surface area (Å²) in [6.07, 6.45) is 5.42. The van der Waals surface area contributed by atoms with Crippen molar-refractivity contribution < 1.29 is 0 Å². The molecule has 0 spiro atoms. The lowest BCUT2D eigenvalue weighted by Gasteiger charge is -2.24. The third-order valence-electron chi connectivity index (χ3n) is 2.91. The zero-order chi connectivity index (χ0) is 9.80. The first-order valence-electron chi connectivity index (χ1n) is 5.30. The summed E-state index contributed by atoms with van der Waals surface area (Å²) in [5.41, 5.74) is 0. The maximum atomic E-state index is 3.98. The quantitative estimate of drug-likeness (QED) is 0.747. The molecule has 0 amide bonds. The lowest BCUT2D eigenvalue weighted by molar-refractivity contribution is 0.275. The molecule has 0 aliphatic heterocycles. The molecule has 78 valence electrons. The first kappa shape index (κ1) is 9.58. The van der Waals surface area contributed by atoms with Crippen molar-refractivity contribution >= 4 is 0 Å². The predicted octanol–water partition coefficient (Wildman–Crippen LogP) is 0.583. The lowest BCUT2D eigenvalue weighted by atomic mass is 9.83. The molecule has 0 unspecified atom stereocenters. The Balaban J connectivity index is 1.84. The van der Waals surface area contributed by atoms with E-state index in [-0.39, 0.29) is 0 Å². The van der Waals surface area contributed by atoms with Crippen LogP contribution in [0.1, 0.15) is 31.5 Å². The molecular formula is C9H17N5. The van der Waals surface area contributed by atoms with Crippen LogP contribution < -0.4 is 5.32 Å². The SMILES string of the molecule is CNCc1nnnn1CCC1CCC1. The van der Waals surface area contributed by atoms with Crippen LogP contribution in [0.25, 0.3) is 0 Å². The monoisotopic (exact) mass is 195 g/mol. The fourth-order valence-electron chi connectivity index (χ4n) is 1.77. The van der Waals surface area contributed by atoms with Crippen molar-refractivity contribution in [3.63, 3.8) is 0 Å². The van der Waals surface area contributed by atoms with Crippen LogP contribution in [-0.4, -0.2) is 27.3 Å². The van der Waals surface area contributed by atoms with Gasteiger partial charge < -0.3 is 5.32 Å². The van der Waals surface area contributed by atoms with Gasteiger partial charge in [0.25, 0.3) is 0 Å². The Morgan fingerprint density at radius 3 is 3.00 bits per heavy atom. The summed E-state index contributed by atoms with van der Waals surface area (Å²) in [6, 6.07) is 0. The van der Waals surface area contributed by atoms with Crippen molar-refractivity contribution in [1.82, 2.24) is 25.5 Å². The molecule has 5 nitrogen and oxygen atoms in total. The Morgan fingerprint density at radius 1 is 1.50 bits per heavy atom. The molecule has 14 heavy (non-hydrogen) atoms. The van der Waals surface area contributed by atoms with Gasteiger partial charge in [0.1, 0.15) is 0 Å². The van der Waals surface area contributed by atoms with E-state index in [2.05, 4.69) is 20.8 Å². The van der Waals surface area contributed by atoms with Gasteiger partial charge in [-0.1, -0.05) is 19.3 Å². The fraction of sp³-hybridized carbons (Fsp3) is 0.889. The summed E-state index contributed by atoms with van der Waals surface area (Å²) < 4.78 is 1.91.